The van der Waals surface area contributed by atoms with E-state index < -0.39 is 5.63 Å². The molecule has 1 heterocycles. The summed E-state index contributed by atoms with van der Waals surface area (Å²) in [7, 11) is 0. The fraction of sp³-hybridized carbons (Fsp3) is 0. The highest BCUT2D eigenvalue weighted by molar-refractivity contribution is 5.93. The predicted molar refractivity (Wildman–Crippen MR) is 71.2 cm³/mol. The third-order valence-electron chi connectivity index (χ3n) is 2.92. The fourth-order valence-corrected chi connectivity index (χ4v) is 2.05. The van der Waals surface area contributed by atoms with Gasteiger partial charge >= 0.3 is 5.63 Å². The van der Waals surface area contributed by atoms with Crippen molar-refractivity contribution in [1.82, 2.24) is 0 Å². The van der Waals surface area contributed by atoms with Crippen molar-refractivity contribution >= 4 is 11.0 Å². The maximum atomic E-state index is 11.3. The normalized spacial score (nSPS) is 10.7. The van der Waals surface area contributed by atoms with E-state index in [0.29, 0.717) is 16.7 Å². The van der Waals surface area contributed by atoms with Gasteiger partial charge in [0.05, 0.1) is 0 Å². The average Bonchev–Trinajstić information content (AvgIpc) is 2.38. The van der Waals surface area contributed by atoms with E-state index in [1.807, 2.05) is 12.1 Å². The van der Waals surface area contributed by atoms with Gasteiger partial charge in [0.15, 0.2) is 0 Å². The SMILES string of the molecule is O=c1ccc2cccc(-c3ccc(O)cc3O)c2o1. The molecule has 0 amide bonds. The highest BCUT2D eigenvalue weighted by Crippen LogP contribution is 2.35. The van der Waals surface area contributed by atoms with Crippen LogP contribution in [0.15, 0.2) is 57.7 Å². The number of benzene rings is 2. The number of aromatic hydroxyl groups is 2. The lowest BCUT2D eigenvalue weighted by atomic mass is 10.0. The molecule has 19 heavy (non-hydrogen) atoms. The summed E-state index contributed by atoms with van der Waals surface area (Å²) >= 11 is 0. The third-order valence-corrected chi connectivity index (χ3v) is 2.92. The number of para-hydroxylation sites is 1. The van der Waals surface area contributed by atoms with Crippen molar-refractivity contribution in [1.29, 1.82) is 0 Å². The summed E-state index contributed by atoms with van der Waals surface area (Å²) in [6.45, 7) is 0. The van der Waals surface area contributed by atoms with E-state index in [2.05, 4.69) is 0 Å². The maximum Gasteiger partial charge on any atom is 0.336 e. The Morgan fingerprint density at radius 2 is 1.74 bits per heavy atom. The molecule has 94 valence electrons. The van der Waals surface area contributed by atoms with Crippen LogP contribution in [0.4, 0.5) is 0 Å². The molecule has 3 aromatic rings. The minimum absolute atomic E-state index is 0.0251. The van der Waals surface area contributed by atoms with Crippen molar-refractivity contribution in [3.63, 3.8) is 0 Å². The van der Waals surface area contributed by atoms with E-state index in [1.54, 1.807) is 18.2 Å². The second-order valence-corrected chi connectivity index (χ2v) is 4.18. The second-order valence-electron chi connectivity index (χ2n) is 4.18. The molecule has 0 aliphatic heterocycles. The van der Waals surface area contributed by atoms with Gasteiger partial charge in [-0.2, -0.15) is 0 Å². The minimum Gasteiger partial charge on any atom is -0.508 e. The van der Waals surface area contributed by atoms with E-state index in [0.717, 1.165) is 5.39 Å². The number of hydrogen-bond donors (Lipinski definition) is 2. The number of hydrogen-bond acceptors (Lipinski definition) is 4. The zero-order chi connectivity index (χ0) is 13.4. The lowest BCUT2D eigenvalue weighted by Gasteiger charge is -2.07. The van der Waals surface area contributed by atoms with E-state index in [-0.39, 0.29) is 11.5 Å². The molecule has 3 rings (SSSR count). The van der Waals surface area contributed by atoms with Crippen molar-refractivity contribution in [2.45, 2.75) is 0 Å². The third kappa shape index (κ3) is 1.93. The Balaban J connectivity index is 2.36. The van der Waals surface area contributed by atoms with Crippen molar-refractivity contribution in [3.8, 4) is 22.6 Å². The number of fused-ring (bicyclic) bond motifs is 1. The molecular weight excluding hydrogens is 244 g/mol. The molecule has 0 radical (unpaired) electrons. The Bertz CT molecular complexity index is 818. The molecule has 0 aliphatic rings. The summed E-state index contributed by atoms with van der Waals surface area (Å²) in [5, 5.41) is 20.0. The molecule has 0 saturated carbocycles. The van der Waals surface area contributed by atoms with E-state index in [9.17, 15) is 15.0 Å². The monoisotopic (exact) mass is 254 g/mol. The summed E-state index contributed by atoms with van der Waals surface area (Å²) in [4.78, 5) is 11.3. The van der Waals surface area contributed by atoms with Crippen LogP contribution in [-0.4, -0.2) is 10.2 Å². The van der Waals surface area contributed by atoms with Gasteiger partial charge in [-0.1, -0.05) is 18.2 Å². The van der Waals surface area contributed by atoms with Gasteiger partial charge in [-0.25, -0.2) is 4.79 Å². The van der Waals surface area contributed by atoms with Gasteiger partial charge in [-0.15, -0.1) is 0 Å². The van der Waals surface area contributed by atoms with Crippen LogP contribution in [0.25, 0.3) is 22.1 Å². The predicted octanol–water partition coefficient (Wildman–Crippen LogP) is 2.87. The van der Waals surface area contributed by atoms with Gasteiger partial charge in [-0.3, -0.25) is 0 Å². The number of phenols is 2. The number of rotatable bonds is 1. The van der Waals surface area contributed by atoms with E-state index in [1.165, 1.54) is 18.2 Å². The Labute approximate surface area is 108 Å². The molecule has 0 aliphatic carbocycles. The lowest BCUT2D eigenvalue weighted by molar-refractivity contribution is 0.451. The molecule has 0 fully saturated rings. The average molecular weight is 254 g/mol. The summed E-state index contributed by atoms with van der Waals surface area (Å²) in [6.07, 6.45) is 0. The first kappa shape index (κ1) is 11.3. The van der Waals surface area contributed by atoms with Crippen LogP contribution >= 0.6 is 0 Å². The van der Waals surface area contributed by atoms with Crippen LogP contribution in [-0.2, 0) is 0 Å². The highest BCUT2D eigenvalue weighted by Gasteiger charge is 2.10. The van der Waals surface area contributed by atoms with E-state index in [4.69, 9.17) is 4.42 Å². The smallest absolute Gasteiger partial charge is 0.336 e. The summed E-state index contributed by atoms with van der Waals surface area (Å²) in [5.74, 6) is -0.0954. The fourth-order valence-electron chi connectivity index (χ4n) is 2.05. The van der Waals surface area contributed by atoms with Crippen LogP contribution in [0.2, 0.25) is 0 Å². The Morgan fingerprint density at radius 1 is 0.895 bits per heavy atom. The van der Waals surface area contributed by atoms with Crippen molar-refractivity contribution in [3.05, 3.63) is 59.0 Å². The van der Waals surface area contributed by atoms with Crippen LogP contribution in [0.3, 0.4) is 0 Å². The molecule has 0 unspecified atom stereocenters. The molecule has 0 atom stereocenters. The summed E-state index contributed by atoms with van der Waals surface area (Å²) in [5.41, 5.74) is 1.07. The molecule has 1 aromatic heterocycles. The van der Waals surface area contributed by atoms with Gasteiger partial charge in [-0.05, 0) is 18.2 Å². The summed E-state index contributed by atoms with van der Waals surface area (Å²) in [6, 6.07) is 12.7. The zero-order valence-electron chi connectivity index (χ0n) is 9.83. The van der Waals surface area contributed by atoms with Crippen molar-refractivity contribution < 1.29 is 14.6 Å². The van der Waals surface area contributed by atoms with Gasteiger partial charge in [0.25, 0.3) is 0 Å². The molecule has 4 heteroatoms. The molecule has 0 saturated heterocycles. The van der Waals surface area contributed by atoms with Gasteiger partial charge in [0.2, 0.25) is 0 Å². The van der Waals surface area contributed by atoms with Crippen molar-refractivity contribution in [2.75, 3.05) is 0 Å². The van der Waals surface area contributed by atoms with Gasteiger partial charge in [0, 0.05) is 28.6 Å². The van der Waals surface area contributed by atoms with Crippen LogP contribution in [0.5, 0.6) is 11.5 Å². The summed E-state index contributed by atoms with van der Waals surface area (Å²) < 4.78 is 5.20. The molecule has 2 N–H and O–H groups in total. The lowest BCUT2D eigenvalue weighted by Crippen LogP contribution is -1.95. The minimum atomic E-state index is -0.446. The molecule has 4 nitrogen and oxygen atoms in total. The first-order valence-corrected chi connectivity index (χ1v) is 5.70. The first-order valence-electron chi connectivity index (χ1n) is 5.70. The van der Waals surface area contributed by atoms with Crippen LogP contribution < -0.4 is 5.63 Å². The highest BCUT2D eigenvalue weighted by atomic mass is 16.4. The topological polar surface area (TPSA) is 70.7 Å². The number of phenolic OH excluding ortho intramolecular Hbond substituents is 2. The second kappa shape index (κ2) is 4.17. The Morgan fingerprint density at radius 3 is 2.53 bits per heavy atom. The molecular formula is C15H10O4. The van der Waals surface area contributed by atoms with Crippen LogP contribution in [0.1, 0.15) is 0 Å². The molecule has 2 aromatic carbocycles. The quantitative estimate of drug-likeness (QED) is 0.655. The molecule has 0 bridgehead atoms. The van der Waals surface area contributed by atoms with E-state index >= 15 is 0 Å². The largest absolute Gasteiger partial charge is 0.508 e. The van der Waals surface area contributed by atoms with Crippen molar-refractivity contribution in [2.24, 2.45) is 0 Å². The first-order chi connectivity index (χ1) is 9.15. The van der Waals surface area contributed by atoms with Gasteiger partial charge in [0.1, 0.15) is 17.1 Å². The Kier molecular flexibility index (Phi) is 2.49. The van der Waals surface area contributed by atoms with Gasteiger partial charge < -0.3 is 14.6 Å². The zero-order valence-corrected chi connectivity index (χ0v) is 9.83. The molecule has 0 spiro atoms. The Hall–Kier alpha value is -2.75. The van der Waals surface area contributed by atoms with Crippen LogP contribution in [0, 0.1) is 0 Å². The maximum absolute atomic E-state index is 11.3. The standard InChI is InChI=1S/C15H10O4/c16-10-5-6-11(13(17)8-10)12-3-1-2-9-4-7-14(18)19-15(9)12/h1-8,16-17H.